The highest BCUT2D eigenvalue weighted by Gasteiger charge is 2.10. The molecule has 0 aliphatic heterocycles. The van der Waals surface area contributed by atoms with Gasteiger partial charge < -0.3 is 16.9 Å². The minimum atomic E-state index is 0. The molecule has 0 amide bonds. The number of hydrogen-bond acceptors (Lipinski definition) is 4. The molecule has 0 atom stereocenters. The van der Waals surface area contributed by atoms with Gasteiger partial charge in [0, 0.05) is 0 Å². The van der Waals surface area contributed by atoms with Crippen LogP contribution >= 0.6 is 0 Å². The van der Waals surface area contributed by atoms with Gasteiger partial charge in [-0.25, -0.2) is 4.57 Å². The average molecular weight is 206 g/mol. The van der Waals surface area contributed by atoms with Gasteiger partial charge in [-0.1, -0.05) is 6.07 Å². The monoisotopic (exact) mass is 206 g/mol. The fraction of sp³-hybridized carbons (Fsp3) is 0. The molecular formula is C9H12N5O+. The zero-order valence-corrected chi connectivity index (χ0v) is 7.96. The van der Waals surface area contributed by atoms with Crippen molar-refractivity contribution in [2.45, 2.75) is 0 Å². The number of anilines is 2. The van der Waals surface area contributed by atoms with E-state index < -0.39 is 0 Å². The Morgan fingerprint density at radius 2 is 1.67 bits per heavy atom. The van der Waals surface area contributed by atoms with Gasteiger partial charge in [0.05, 0.1) is 18.5 Å². The summed E-state index contributed by atoms with van der Waals surface area (Å²) in [5.41, 5.74) is 11.0. The molecule has 0 radical (unpaired) electrons. The van der Waals surface area contributed by atoms with E-state index in [4.69, 9.17) is 11.5 Å². The van der Waals surface area contributed by atoms with Crippen LogP contribution in [0.2, 0.25) is 0 Å². The summed E-state index contributed by atoms with van der Waals surface area (Å²) < 4.78 is 1.81. The molecule has 6 heteroatoms. The second kappa shape index (κ2) is 4.34. The fourth-order valence-electron chi connectivity index (χ4n) is 1.16. The summed E-state index contributed by atoms with van der Waals surface area (Å²) in [7, 11) is 0. The third-order valence-electron chi connectivity index (χ3n) is 1.73. The number of nitrogen functional groups attached to an aromatic ring is 2. The number of pyridine rings is 1. The van der Waals surface area contributed by atoms with Crippen LogP contribution in [-0.4, -0.2) is 15.4 Å². The fourth-order valence-corrected chi connectivity index (χ4v) is 1.16. The lowest BCUT2D eigenvalue weighted by atomic mass is 10.4. The van der Waals surface area contributed by atoms with E-state index in [9.17, 15) is 0 Å². The molecule has 2 heterocycles. The first-order valence-corrected chi connectivity index (χ1v) is 4.12. The van der Waals surface area contributed by atoms with Crippen LogP contribution in [0, 0.1) is 0 Å². The quantitative estimate of drug-likeness (QED) is 0.588. The third kappa shape index (κ3) is 2.38. The highest BCUT2D eigenvalue weighted by Crippen LogP contribution is 2.03. The van der Waals surface area contributed by atoms with Gasteiger partial charge in [0.15, 0.2) is 0 Å². The molecule has 0 unspecified atom stereocenters. The summed E-state index contributed by atoms with van der Waals surface area (Å²) in [6.45, 7) is 0. The van der Waals surface area contributed by atoms with Gasteiger partial charge in [-0.3, -0.25) is 0 Å². The maximum absolute atomic E-state index is 5.55. The second-order valence-electron chi connectivity index (χ2n) is 2.79. The molecule has 2 aromatic heterocycles. The number of nitrogens with zero attached hydrogens (tertiary/aromatic N) is 3. The minimum Gasteiger partial charge on any atom is -0.412 e. The van der Waals surface area contributed by atoms with Crippen molar-refractivity contribution in [1.82, 2.24) is 9.97 Å². The molecule has 0 saturated heterocycles. The molecule has 0 spiro atoms. The van der Waals surface area contributed by atoms with Gasteiger partial charge in [-0.05, 0) is 17.1 Å². The maximum Gasteiger partial charge on any atom is 0.338 e. The molecule has 0 aromatic carbocycles. The standard InChI is InChI=1S/C9H10N5.H2O/c10-7-6-8(13-9(11)12-7)14-4-2-1-3-5-14;/h1-6H,(H4,10,11,12,13);1H2/q+1;. The van der Waals surface area contributed by atoms with Gasteiger partial charge in [0.25, 0.3) is 0 Å². The van der Waals surface area contributed by atoms with Crippen molar-refractivity contribution in [3.63, 3.8) is 0 Å². The van der Waals surface area contributed by atoms with Crippen LogP contribution in [0.5, 0.6) is 0 Å². The van der Waals surface area contributed by atoms with Crippen molar-refractivity contribution in [3.05, 3.63) is 36.7 Å². The van der Waals surface area contributed by atoms with Gasteiger partial charge >= 0.3 is 11.8 Å². The normalized spacial score (nSPS) is 9.33. The van der Waals surface area contributed by atoms with Crippen LogP contribution in [-0.2, 0) is 0 Å². The molecule has 6 N–H and O–H groups in total. The molecule has 0 aliphatic rings. The largest absolute Gasteiger partial charge is 0.412 e. The Labute approximate surface area is 86.5 Å². The number of nitrogens with two attached hydrogens (primary N) is 2. The first kappa shape index (κ1) is 10.9. The van der Waals surface area contributed by atoms with Crippen LogP contribution in [0.15, 0.2) is 36.7 Å². The Balaban J connectivity index is 0.00000112. The molecule has 6 nitrogen and oxygen atoms in total. The van der Waals surface area contributed by atoms with Crippen LogP contribution in [0.25, 0.3) is 5.82 Å². The molecule has 2 rings (SSSR count). The van der Waals surface area contributed by atoms with Crippen molar-refractivity contribution in [2.75, 3.05) is 11.5 Å². The van der Waals surface area contributed by atoms with Crippen molar-refractivity contribution in [3.8, 4) is 5.82 Å². The Bertz CT molecular complexity index is 425. The lowest BCUT2D eigenvalue weighted by Crippen LogP contribution is -2.31. The summed E-state index contributed by atoms with van der Waals surface area (Å²) in [5, 5.41) is 0. The predicted molar refractivity (Wildman–Crippen MR) is 56.0 cm³/mol. The van der Waals surface area contributed by atoms with Crippen molar-refractivity contribution in [1.29, 1.82) is 0 Å². The molecule has 0 fully saturated rings. The first-order chi connectivity index (χ1) is 6.75. The molecule has 0 bridgehead atoms. The van der Waals surface area contributed by atoms with E-state index in [2.05, 4.69) is 9.97 Å². The van der Waals surface area contributed by atoms with Gasteiger partial charge in [-0.15, -0.1) is 0 Å². The lowest BCUT2D eigenvalue weighted by Gasteiger charge is -1.95. The van der Waals surface area contributed by atoms with Crippen molar-refractivity contribution in [2.24, 2.45) is 0 Å². The molecular weight excluding hydrogens is 194 g/mol. The van der Waals surface area contributed by atoms with Gasteiger partial charge in [0.1, 0.15) is 5.82 Å². The predicted octanol–water partition coefficient (Wildman–Crippen LogP) is -0.907. The molecule has 0 saturated carbocycles. The van der Waals surface area contributed by atoms with Gasteiger partial charge in [0.2, 0.25) is 0 Å². The van der Waals surface area contributed by atoms with E-state index in [-0.39, 0.29) is 11.4 Å². The maximum atomic E-state index is 5.55. The number of aromatic nitrogens is 3. The van der Waals surface area contributed by atoms with Crippen LogP contribution < -0.4 is 16.0 Å². The van der Waals surface area contributed by atoms with Crippen LogP contribution in [0.3, 0.4) is 0 Å². The number of rotatable bonds is 1. The minimum absolute atomic E-state index is 0. The zero-order valence-electron chi connectivity index (χ0n) is 7.96. The highest BCUT2D eigenvalue weighted by atomic mass is 16.0. The first-order valence-electron chi connectivity index (χ1n) is 4.12. The lowest BCUT2D eigenvalue weighted by molar-refractivity contribution is -0.599. The molecule has 0 aliphatic carbocycles. The summed E-state index contributed by atoms with van der Waals surface area (Å²) in [4.78, 5) is 7.84. The van der Waals surface area contributed by atoms with E-state index in [1.807, 2.05) is 35.2 Å². The highest BCUT2D eigenvalue weighted by molar-refractivity contribution is 5.38. The van der Waals surface area contributed by atoms with Crippen LogP contribution in [0.4, 0.5) is 11.8 Å². The van der Waals surface area contributed by atoms with Crippen LogP contribution in [0.1, 0.15) is 0 Å². The Morgan fingerprint density at radius 3 is 2.27 bits per heavy atom. The summed E-state index contributed by atoms with van der Waals surface area (Å²) in [6.07, 6.45) is 3.72. The summed E-state index contributed by atoms with van der Waals surface area (Å²) in [5.74, 6) is 1.20. The Kier molecular flexibility index (Phi) is 3.14. The Morgan fingerprint density at radius 1 is 1.00 bits per heavy atom. The van der Waals surface area contributed by atoms with E-state index in [1.165, 1.54) is 0 Å². The van der Waals surface area contributed by atoms with E-state index in [1.54, 1.807) is 6.07 Å². The molecule has 2 aromatic rings. The SMILES string of the molecule is Nc1cc(-[n+]2ccccc2)nc(N)n1.O. The Hall–Kier alpha value is -2.21. The van der Waals surface area contributed by atoms with E-state index >= 15 is 0 Å². The molecule has 78 valence electrons. The average Bonchev–Trinajstić information content (AvgIpc) is 2.18. The van der Waals surface area contributed by atoms with E-state index in [0.717, 1.165) is 0 Å². The smallest absolute Gasteiger partial charge is 0.338 e. The molecule has 15 heavy (non-hydrogen) atoms. The van der Waals surface area contributed by atoms with Crippen molar-refractivity contribution >= 4 is 11.8 Å². The van der Waals surface area contributed by atoms with Gasteiger partial charge in [-0.2, -0.15) is 4.98 Å². The third-order valence-corrected chi connectivity index (χ3v) is 1.73. The topological polar surface area (TPSA) is 113 Å². The van der Waals surface area contributed by atoms with Crippen molar-refractivity contribution < 1.29 is 10.0 Å². The zero-order chi connectivity index (χ0) is 9.97. The summed E-state index contributed by atoms with van der Waals surface area (Å²) in [6, 6.07) is 7.38. The number of hydrogen-bond donors (Lipinski definition) is 2. The second-order valence-corrected chi connectivity index (χ2v) is 2.79. The summed E-state index contributed by atoms with van der Waals surface area (Å²) >= 11 is 0. The van der Waals surface area contributed by atoms with E-state index in [0.29, 0.717) is 11.6 Å².